The fourth-order valence-electron chi connectivity index (χ4n) is 16.6. The van der Waals surface area contributed by atoms with Gasteiger partial charge in [0.25, 0.3) is 0 Å². The number of rotatable bonds is 11. The van der Waals surface area contributed by atoms with E-state index in [1.54, 1.807) is 0 Å². The average molecular weight is 1450 g/mol. The largest absolute Gasteiger partial charge is 0.309 e. The molecule has 0 amide bonds. The zero-order valence-corrected chi connectivity index (χ0v) is 61.7. The Bertz CT molecular complexity index is 7260. The van der Waals surface area contributed by atoms with Crippen LogP contribution in [0.5, 0.6) is 0 Å². The van der Waals surface area contributed by atoms with E-state index in [-0.39, 0.29) is 0 Å². The molecule has 22 rings (SSSR count). The maximum atomic E-state index is 2.54. The predicted octanol–water partition coefficient (Wildman–Crippen LogP) is 31.6. The molecule has 0 N–H and O–H groups in total. The lowest BCUT2D eigenvalue weighted by molar-refractivity contribution is 1.30. The lowest BCUT2D eigenvalue weighted by Gasteiger charge is -2.29. The zero-order chi connectivity index (χ0) is 71.2. The Morgan fingerprint density at radius 3 is 1.12 bits per heavy atom. The number of hydrogen-bond acceptors (Lipinski definition) is 6. The first kappa shape index (κ1) is 63.7. The third-order valence-corrected chi connectivity index (χ3v) is 26.1. The molecule has 22 aromatic rings. The van der Waals surface area contributed by atoms with Crippen molar-refractivity contribution in [1.82, 2.24) is 0 Å². The number of benzene rings is 18. The first-order valence-electron chi connectivity index (χ1n) is 36.7. The van der Waals surface area contributed by atoms with E-state index in [1.807, 2.05) is 45.3 Å². The van der Waals surface area contributed by atoms with Crippen LogP contribution in [0.1, 0.15) is 0 Å². The van der Waals surface area contributed by atoms with Crippen LogP contribution in [0, 0.1) is 0 Å². The molecule has 6 heteroatoms. The molecule has 506 valence electrons. The first-order chi connectivity index (χ1) is 53.5. The maximum absolute atomic E-state index is 2.54. The first-order valence-corrected chi connectivity index (χ1v) is 39.9. The van der Waals surface area contributed by atoms with E-state index >= 15 is 0 Å². The molecule has 4 heterocycles. The lowest BCUT2D eigenvalue weighted by Crippen LogP contribution is -2.11. The van der Waals surface area contributed by atoms with Gasteiger partial charge in [-0.2, -0.15) is 0 Å². The molecule has 0 saturated heterocycles. The summed E-state index contributed by atoms with van der Waals surface area (Å²) in [4.78, 5) is 5.02. The normalized spacial score (nSPS) is 11.7. The number of anilines is 6. The Labute approximate surface area is 641 Å². The van der Waals surface area contributed by atoms with Gasteiger partial charge in [-0.3, -0.25) is 0 Å². The summed E-state index contributed by atoms with van der Waals surface area (Å²) in [5, 5.41) is 17.9. The summed E-state index contributed by atoms with van der Waals surface area (Å²) in [5.74, 6) is 0. The van der Waals surface area contributed by atoms with Gasteiger partial charge in [-0.15, -0.1) is 45.3 Å². The van der Waals surface area contributed by atoms with Gasteiger partial charge in [0.15, 0.2) is 0 Å². The molecule has 2 nitrogen and oxygen atoms in total. The minimum Gasteiger partial charge on any atom is -0.309 e. The second kappa shape index (κ2) is 26.7. The molecule has 4 aromatic heterocycles. The number of thiophene rings is 4. The van der Waals surface area contributed by atoms with Crippen LogP contribution in [0.2, 0.25) is 0 Å². The second-order valence-electron chi connectivity index (χ2n) is 27.7. The monoisotopic (exact) mass is 1440 g/mol. The predicted molar refractivity (Wildman–Crippen MR) is 474 cm³/mol. The zero-order valence-electron chi connectivity index (χ0n) is 58.5. The number of fused-ring (bicyclic) bond motifs is 16. The molecule has 0 fully saturated rings. The van der Waals surface area contributed by atoms with E-state index in [0.29, 0.717) is 0 Å². The van der Waals surface area contributed by atoms with Crippen LogP contribution in [0.4, 0.5) is 34.1 Å². The molecular weight excluding hydrogens is 1380 g/mol. The van der Waals surface area contributed by atoms with Crippen molar-refractivity contribution in [3.63, 3.8) is 0 Å². The highest BCUT2D eigenvalue weighted by Gasteiger charge is 2.26. The van der Waals surface area contributed by atoms with Gasteiger partial charge < -0.3 is 9.80 Å². The Kier molecular flexibility index (Phi) is 15.7. The van der Waals surface area contributed by atoms with Crippen LogP contribution in [0.15, 0.2) is 388 Å². The molecule has 18 aromatic carbocycles. The fraction of sp³-hybridized carbons (Fsp3) is 0. The minimum atomic E-state index is 1.12. The minimum absolute atomic E-state index is 1.12. The van der Waals surface area contributed by atoms with Gasteiger partial charge >= 0.3 is 0 Å². The molecule has 0 atom stereocenters. The summed E-state index contributed by atoms with van der Waals surface area (Å²) in [7, 11) is 0. The summed E-state index contributed by atoms with van der Waals surface area (Å²) >= 11 is 7.50. The molecule has 0 spiro atoms. The Hall–Kier alpha value is -12.8. The van der Waals surface area contributed by atoms with Crippen LogP contribution in [-0.2, 0) is 0 Å². The van der Waals surface area contributed by atoms with E-state index in [9.17, 15) is 0 Å². The summed E-state index contributed by atoms with van der Waals surface area (Å²) in [6.45, 7) is 0. The van der Waals surface area contributed by atoms with Crippen LogP contribution in [-0.4, -0.2) is 0 Å². The summed E-state index contributed by atoms with van der Waals surface area (Å²) < 4.78 is 10.4. The Morgan fingerprint density at radius 1 is 0.167 bits per heavy atom. The summed E-state index contributed by atoms with van der Waals surface area (Å²) in [5.41, 5.74) is 19.0. The molecule has 108 heavy (non-hydrogen) atoms. The van der Waals surface area contributed by atoms with Crippen LogP contribution < -0.4 is 9.80 Å². The van der Waals surface area contributed by atoms with Crippen molar-refractivity contribution >= 4 is 192 Å². The highest BCUT2D eigenvalue weighted by Crippen LogP contribution is 2.53. The molecule has 0 unspecified atom stereocenters. The van der Waals surface area contributed by atoms with Crippen molar-refractivity contribution < 1.29 is 0 Å². The van der Waals surface area contributed by atoms with Crippen molar-refractivity contribution in [2.45, 2.75) is 0 Å². The van der Waals surface area contributed by atoms with Gasteiger partial charge in [-0.05, 0) is 186 Å². The van der Waals surface area contributed by atoms with Crippen molar-refractivity contribution in [1.29, 1.82) is 0 Å². The third-order valence-electron chi connectivity index (χ3n) is 21.5. The topological polar surface area (TPSA) is 6.48 Å². The summed E-state index contributed by atoms with van der Waals surface area (Å²) in [6.07, 6.45) is 0. The number of hydrogen-bond donors (Lipinski definition) is 0. The van der Waals surface area contributed by atoms with Crippen LogP contribution in [0.3, 0.4) is 0 Å². The average Bonchev–Trinajstić information content (AvgIpc) is 1.27. The molecule has 0 aliphatic carbocycles. The Morgan fingerprint density at radius 2 is 0.537 bits per heavy atom. The van der Waals surface area contributed by atoms with E-state index in [0.717, 1.165) is 17.1 Å². The van der Waals surface area contributed by atoms with Gasteiger partial charge in [-0.25, -0.2) is 0 Å². The van der Waals surface area contributed by atoms with Crippen molar-refractivity contribution in [3.8, 4) is 55.6 Å². The van der Waals surface area contributed by atoms with E-state index in [1.165, 1.54) is 186 Å². The second-order valence-corrected chi connectivity index (χ2v) is 32.0. The highest BCUT2D eigenvalue weighted by atomic mass is 32.1. The van der Waals surface area contributed by atoms with Gasteiger partial charge in [0.2, 0.25) is 0 Å². The van der Waals surface area contributed by atoms with E-state index in [4.69, 9.17) is 0 Å². The molecule has 0 saturated carbocycles. The van der Waals surface area contributed by atoms with Crippen molar-refractivity contribution in [3.05, 3.63) is 388 Å². The quantitative estimate of drug-likeness (QED) is 0.119. The van der Waals surface area contributed by atoms with E-state index in [2.05, 4.69) is 398 Å². The fourth-order valence-corrected chi connectivity index (χ4v) is 21.2. The molecule has 0 aliphatic heterocycles. The third kappa shape index (κ3) is 11.0. The van der Waals surface area contributed by atoms with Crippen LogP contribution >= 0.6 is 45.3 Å². The van der Waals surface area contributed by atoms with E-state index < -0.39 is 0 Å². The standard InChI is InChI=1S/C52H33NS2.C50H31NS2/c1-2-13-34(14-3-1)35-27-29-39(30-28-35)53(47-23-11-22-45-44-18-6-8-24-48(44)55-52(45)47)40-32-37(42-20-10-16-36-15-4-5-17-41(36)42)31-38(33-40)43-21-12-26-50-51(43)46-19-7-9-25-49(46)54-50;1-2-14-32(15-3-1)34-28-35(38-22-13-27-48-49(38)43-21-9-11-26-47(43)52-48)30-36(29-34)51(44-24-12-23-42-41-20-8-10-25-46(41)53-50(42)44)45-31-33-16-4-5-17-37(33)39-18-6-7-19-40(39)45/h1-33H;1-31H. The number of nitrogens with zero attached hydrogens (tertiary/aromatic N) is 2. The van der Waals surface area contributed by atoms with Gasteiger partial charge in [-0.1, -0.05) is 285 Å². The maximum Gasteiger partial charge on any atom is 0.0640 e. The SMILES string of the molecule is c1ccc(-c2cc(-c3cccc4sc5ccccc5c34)cc(N(c3cc4ccccc4c4ccccc34)c3cccc4c3sc3ccccc34)c2)cc1.c1ccc(-c2ccc(N(c3cc(-c4cccc5ccccc45)cc(-c4cccc5sc6ccccc6c45)c3)c3cccc4c3sc3ccccc34)cc2)cc1. The molecule has 0 aliphatic rings. The van der Waals surface area contributed by atoms with Gasteiger partial charge in [0.05, 0.1) is 26.5 Å². The molecule has 0 radical (unpaired) electrons. The highest BCUT2D eigenvalue weighted by molar-refractivity contribution is 7.27. The molecular formula is C102H64N2S4. The summed E-state index contributed by atoms with van der Waals surface area (Å²) in [6, 6.07) is 143. The smallest absolute Gasteiger partial charge is 0.0640 e. The Balaban J connectivity index is 0.000000138. The van der Waals surface area contributed by atoms with Crippen LogP contribution in [0.25, 0.3) is 169 Å². The molecule has 0 bridgehead atoms. The van der Waals surface area contributed by atoms with Gasteiger partial charge in [0.1, 0.15) is 0 Å². The lowest BCUT2D eigenvalue weighted by atomic mass is 9.92. The van der Waals surface area contributed by atoms with Gasteiger partial charge in [0, 0.05) is 93.7 Å². The van der Waals surface area contributed by atoms with Crippen molar-refractivity contribution in [2.24, 2.45) is 0 Å². The van der Waals surface area contributed by atoms with Crippen molar-refractivity contribution in [2.75, 3.05) is 9.80 Å².